The van der Waals surface area contributed by atoms with Crippen molar-refractivity contribution in [2.45, 2.75) is 58.1 Å². The zero-order chi connectivity index (χ0) is 13.1. The lowest BCUT2D eigenvalue weighted by molar-refractivity contribution is -0.122. The van der Waals surface area contributed by atoms with Gasteiger partial charge in [-0.2, -0.15) is 0 Å². The summed E-state index contributed by atoms with van der Waals surface area (Å²) in [6.45, 7) is 3.76. The minimum absolute atomic E-state index is 0.132. The van der Waals surface area contributed by atoms with Crippen LogP contribution in [0.25, 0.3) is 0 Å². The molecule has 0 spiro atoms. The van der Waals surface area contributed by atoms with Crippen molar-refractivity contribution in [1.82, 2.24) is 5.32 Å². The summed E-state index contributed by atoms with van der Waals surface area (Å²) in [6, 6.07) is -0.605. The van der Waals surface area contributed by atoms with Crippen molar-refractivity contribution in [2.75, 3.05) is 6.61 Å². The van der Waals surface area contributed by atoms with Crippen molar-refractivity contribution in [3.05, 3.63) is 12.2 Å². The van der Waals surface area contributed by atoms with Gasteiger partial charge in [0.05, 0.1) is 18.8 Å². The van der Waals surface area contributed by atoms with Crippen molar-refractivity contribution >= 4 is 5.91 Å². The summed E-state index contributed by atoms with van der Waals surface area (Å²) >= 11 is 0. The molecule has 0 aromatic rings. The van der Waals surface area contributed by atoms with Crippen molar-refractivity contribution in [3.63, 3.8) is 0 Å². The third-order valence-electron chi connectivity index (χ3n) is 2.49. The monoisotopic (exact) mass is 243 g/mol. The van der Waals surface area contributed by atoms with Gasteiger partial charge in [-0.25, -0.2) is 0 Å². The Morgan fingerprint density at radius 2 is 2.06 bits per heavy atom. The van der Waals surface area contributed by atoms with Crippen LogP contribution in [-0.2, 0) is 4.79 Å². The van der Waals surface area contributed by atoms with E-state index in [0.717, 1.165) is 25.7 Å². The molecule has 1 amide bonds. The maximum Gasteiger partial charge on any atom is 0.220 e. The van der Waals surface area contributed by atoms with E-state index >= 15 is 0 Å². The van der Waals surface area contributed by atoms with E-state index in [-0.39, 0.29) is 12.5 Å². The normalized spacial score (nSPS) is 14.8. The van der Waals surface area contributed by atoms with E-state index in [1.807, 2.05) is 13.0 Å². The number of hydrogen-bond donors (Lipinski definition) is 3. The van der Waals surface area contributed by atoms with Gasteiger partial charge in [-0.3, -0.25) is 4.79 Å². The predicted octanol–water partition coefficient (Wildman–Crippen LogP) is 1.37. The zero-order valence-corrected chi connectivity index (χ0v) is 10.9. The lowest BCUT2D eigenvalue weighted by Crippen LogP contribution is -2.45. The van der Waals surface area contributed by atoms with E-state index in [4.69, 9.17) is 5.11 Å². The summed E-state index contributed by atoms with van der Waals surface area (Å²) in [6.07, 6.45) is 6.99. The summed E-state index contributed by atoms with van der Waals surface area (Å²) < 4.78 is 0. The molecule has 4 heteroatoms. The second-order valence-corrected chi connectivity index (χ2v) is 4.17. The van der Waals surface area contributed by atoms with Crippen LogP contribution in [0.2, 0.25) is 0 Å². The summed E-state index contributed by atoms with van der Waals surface area (Å²) in [5, 5.41) is 21.5. The van der Waals surface area contributed by atoms with Gasteiger partial charge in [0, 0.05) is 6.42 Å². The van der Waals surface area contributed by atoms with Crippen LogP contribution in [0.15, 0.2) is 12.2 Å². The van der Waals surface area contributed by atoms with Gasteiger partial charge in [0.2, 0.25) is 5.91 Å². The molecule has 0 fully saturated rings. The van der Waals surface area contributed by atoms with Gasteiger partial charge >= 0.3 is 0 Å². The average molecular weight is 243 g/mol. The summed E-state index contributed by atoms with van der Waals surface area (Å²) in [5.74, 6) is -0.132. The fourth-order valence-electron chi connectivity index (χ4n) is 1.44. The van der Waals surface area contributed by atoms with Crippen molar-refractivity contribution in [1.29, 1.82) is 0 Å². The third-order valence-corrected chi connectivity index (χ3v) is 2.49. The number of aliphatic hydroxyl groups excluding tert-OH is 2. The van der Waals surface area contributed by atoms with Crippen LogP contribution in [0.3, 0.4) is 0 Å². The first-order valence-corrected chi connectivity index (χ1v) is 6.40. The predicted molar refractivity (Wildman–Crippen MR) is 68.6 cm³/mol. The molecular formula is C13H25NO3. The van der Waals surface area contributed by atoms with E-state index in [2.05, 4.69) is 12.2 Å². The highest BCUT2D eigenvalue weighted by atomic mass is 16.3. The summed E-state index contributed by atoms with van der Waals surface area (Å²) in [7, 11) is 0. The third kappa shape index (κ3) is 7.94. The highest BCUT2D eigenvalue weighted by Gasteiger charge is 2.17. The number of nitrogens with one attached hydrogen (secondary N) is 1. The Labute approximate surface area is 104 Å². The number of carbonyl (C=O) groups excluding carboxylic acids is 1. The molecule has 0 saturated carbocycles. The molecular weight excluding hydrogens is 218 g/mol. The van der Waals surface area contributed by atoms with Gasteiger partial charge < -0.3 is 15.5 Å². The van der Waals surface area contributed by atoms with Crippen LogP contribution >= 0.6 is 0 Å². The number of amides is 1. The Morgan fingerprint density at radius 3 is 2.59 bits per heavy atom. The van der Waals surface area contributed by atoms with Crippen LogP contribution < -0.4 is 5.32 Å². The number of unbranched alkanes of at least 4 members (excludes halogenated alkanes) is 2. The number of hydrogen-bond acceptors (Lipinski definition) is 3. The molecule has 2 atom stereocenters. The Kier molecular flexibility index (Phi) is 9.77. The van der Waals surface area contributed by atoms with Gasteiger partial charge in [-0.05, 0) is 12.8 Å². The maximum absolute atomic E-state index is 11.3. The van der Waals surface area contributed by atoms with Crippen molar-refractivity contribution in [3.8, 4) is 0 Å². The maximum atomic E-state index is 11.3. The number of aliphatic hydroxyl groups is 2. The summed E-state index contributed by atoms with van der Waals surface area (Å²) in [4.78, 5) is 11.3. The van der Waals surface area contributed by atoms with E-state index < -0.39 is 12.1 Å². The van der Waals surface area contributed by atoms with Crippen LogP contribution in [-0.4, -0.2) is 34.9 Å². The zero-order valence-electron chi connectivity index (χ0n) is 10.9. The van der Waals surface area contributed by atoms with Crippen molar-refractivity contribution in [2.24, 2.45) is 0 Å². The lowest BCUT2D eigenvalue weighted by Gasteiger charge is -2.19. The molecule has 0 aliphatic heterocycles. The van der Waals surface area contributed by atoms with E-state index in [9.17, 15) is 9.90 Å². The van der Waals surface area contributed by atoms with Crippen LogP contribution in [0.5, 0.6) is 0 Å². The molecule has 0 bridgehead atoms. The van der Waals surface area contributed by atoms with Gasteiger partial charge in [0.1, 0.15) is 0 Å². The van der Waals surface area contributed by atoms with Gasteiger partial charge in [-0.1, -0.05) is 38.8 Å². The minimum atomic E-state index is -0.822. The molecule has 0 radical (unpaired) electrons. The molecule has 2 unspecified atom stereocenters. The Hall–Kier alpha value is -0.870. The highest BCUT2D eigenvalue weighted by Crippen LogP contribution is 2.01. The molecule has 17 heavy (non-hydrogen) atoms. The van der Waals surface area contributed by atoms with Gasteiger partial charge in [0.15, 0.2) is 0 Å². The molecule has 0 aromatic carbocycles. The lowest BCUT2D eigenvalue weighted by atomic mass is 10.1. The first-order valence-electron chi connectivity index (χ1n) is 6.40. The van der Waals surface area contributed by atoms with E-state index in [1.54, 1.807) is 6.08 Å². The molecule has 4 nitrogen and oxygen atoms in total. The number of carbonyl (C=O) groups is 1. The Balaban J connectivity index is 4.06. The smallest absolute Gasteiger partial charge is 0.220 e. The second-order valence-electron chi connectivity index (χ2n) is 4.17. The first kappa shape index (κ1) is 16.1. The quantitative estimate of drug-likeness (QED) is 0.423. The second kappa shape index (κ2) is 10.3. The molecule has 0 aliphatic carbocycles. The van der Waals surface area contributed by atoms with Gasteiger partial charge in [0.25, 0.3) is 0 Å². The molecule has 0 saturated heterocycles. The minimum Gasteiger partial charge on any atom is -0.394 e. The van der Waals surface area contributed by atoms with E-state index in [0.29, 0.717) is 6.42 Å². The first-order chi connectivity index (χ1) is 8.15. The Morgan fingerprint density at radius 1 is 1.35 bits per heavy atom. The van der Waals surface area contributed by atoms with Crippen LogP contribution in [0.1, 0.15) is 46.0 Å². The molecule has 0 rings (SSSR count). The average Bonchev–Trinajstić information content (AvgIpc) is 2.31. The van der Waals surface area contributed by atoms with Crippen LogP contribution in [0, 0.1) is 0 Å². The van der Waals surface area contributed by atoms with Crippen LogP contribution in [0.4, 0.5) is 0 Å². The number of allylic oxidation sites excluding steroid dienone is 1. The molecule has 0 heterocycles. The number of rotatable bonds is 9. The topological polar surface area (TPSA) is 69.6 Å². The van der Waals surface area contributed by atoms with E-state index in [1.165, 1.54) is 0 Å². The molecule has 0 aliphatic rings. The SMILES string of the molecule is CCCC/C=C/C(O)C(CO)NC(=O)CCC. The van der Waals surface area contributed by atoms with Crippen molar-refractivity contribution < 1.29 is 15.0 Å². The highest BCUT2D eigenvalue weighted by molar-refractivity contribution is 5.76. The summed E-state index contributed by atoms with van der Waals surface area (Å²) in [5.41, 5.74) is 0. The Bertz CT molecular complexity index is 229. The van der Waals surface area contributed by atoms with Gasteiger partial charge in [-0.15, -0.1) is 0 Å². The standard InChI is InChI=1S/C13H25NO3/c1-3-5-6-7-9-12(16)11(10-15)14-13(17)8-4-2/h7,9,11-12,15-16H,3-6,8,10H2,1-2H3,(H,14,17)/b9-7+. The molecule has 0 aromatic heterocycles. The fraction of sp³-hybridized carbons (Fsp3) is 0.769. The molecule has 100 valence electrons. The molecule has 3 N–H and O–H groups in total. The largest absolute Gasteiger partial charge is 0.394 e. The fourth-order valence-corrected chi connectivity index (χ4v) is 1.44.